The van der Waals surface area contributed by atoms with E-state index in [9.17, 15) is 14.4 Å². The zero-order chi connectivity index (χ0) is 28.4. The standard InChI is InChI=1S/C24H21Cl5N2O7/c1-12(11-35-4)14-6-5-7-18(38-37-13(2)32)22(14)36-19-9-17(15(25)8-16(19)26)31-21(33)10-20(24(27,28)29)30(3)23(31)34/h5-10,12H,11H2,1-4H3. The predicted octanol–water partition coefficient (Wildman–Crippen LogP) is 6.07. The molecular formula is C24H21Cl5N2O7. The summed E-state index contributed by atoms with van der Waals surface area (Å²) < 4.78 is 11.1. The summed E-state index contributed by atoms with van der Waals surface area (Å²) in [5, 5.41) is 0.0229. The number of rotatable bonds is 8. The topological polar surface area (TPSA) is 98.0 Å². The number of halogens is 5. The molecule has 0 amide bonds. The molecule has 0 saturated heterocycles. The lowest BCUT2D eigenvalue weighted by Crippen LogP contribution is -2.40. The lowest BCUT2D eigenvalue weighted by molar-refractivity contribution is -0.211. The first kappa shape index (κ1) is 30.1. The van der Waals surface area contributed by atoms with E-state index in [0.29, 0.717) is 12.2 Å². The Morgan fingerprint density at radius 2 is 1.74 bits per heavy atom. The summed E-state index contributed by atoms with van der Waals surface area (Å²) in [7, 11) is 2.88. The van der Waals surface area contributed by atoms with Crippen molar-refractivity contribution in [3.05, 3.63) is 78.5 Å². The molecule has 1 atom stereocenters. The highest BCUT2D eigenvalue weighted by Gasteiger charge is 2.29. The molecule has 1 heterocycles. The van der Waals surface area contributed by atoms with Crippen LogP contribution in [0.3, 0.4) is 0 Å². The Hall–Kier alpha value is -2.40. The van der Waals surface area contributed by atoms with Gasteiger partial charge < -0.3 is 9.47 Å². The van der Waals surface area contributed by atoms with Gasteiger partial charge in [0, 0.05) is 44.7 Å². The molecule has 0 spiro atoms. The molecule has 1 aromatic heterocycles. The van der Waals surface area contributed by atoms with E-state index in [0.717, 1.165) is 15.2 Å². The third-order valence-electron chi connectivity index (χ3n) is 5.27. The van der Waals surface area contributed by atoms with E-state index in [4.69, 9.17) is 77.3 Å². The maximum absolute atomic E-state index is 13.1. The molecule has 3 aromatic rings. The lowest BCUT2D eigenvalue weighted by Gasteiger charge is -2.20. The normalized spacial score (nSPS) is 12.2. The van der Waals surface area contributed by atoms with E-state index in [1.807, 2.05) is 6.92 Å². The molecule has 0 aliphatic rings. The highest BCUT2D eigenvalue weighted by molar-refractivity contribution is 6.66. The molecule has 0 bridgehead atoms. The molecular weight excluding hydrogens is 606 g/mol. The van der Waals surface area contributed by atoms with Crippen molar-refractivity contribution in [2.75, 3.05) is 13.7 Å². The Kier molecular flexibility index (Phi) is 9.67. The Balaban J connectivity index is 2.20. The number of nitrogens with zero attached hydrogens (tertiary/aromatic N) is 2. The van der Waals surface area contributed by atoms with E-state index in [1.54, 1.807) is 19.2 Å². The van der Waals surface area contributed by atoms with Gasteiger partial charge in [-0.15, -0.1) is 0 Å². The van der Waals surface area contributed by atoms with Crippen LogP contribution in [0.4, 0.5) is 0 Å². The summed E-state index contributed by atoms with van der Waals surface area (Å²) in [6.45, 7) is 3.38. The molecule has 0 fully saturated rings. The van der Waals surface area contributed by atoms with Crippen molar-refractivity contribution in [1.29, 1.82) is 0 Å². The Morgan fingerprint density at radius 1 is 1.05 bits per heavy atom. The monoisotopic (exact) mass is 624 g/mol. The Morgan fingerprint density at radius 3 is 2.34 bits per heavy atom. The highest BCUT2D eigenvalue weighted by atomic mass is 35.6. The summed E-state index contributed by atoms with van der Waals surface area (Å²) in [4.78, 5) is 47.3. The molecule has 3 rings (SSSR count). The van der Waals surface area contributed by atoms with Crippen molar-refractivity contribution in [2.45, 2.75) is 23.6 Å². The third-order valence-corrected chi connectivity index (χ3v) is 6.45. The van der Waals surface area contributed by atoms with Gasteiger partial charge in [0.25, 0.3) is 5.56 Å². The van der Waals surface area contributed by atoms with Crippen LogP contribution in [0.5, 0.6) is 17.2 Å². The van der Waals surface area contributed by atoms with Gasteiger partial charge in [0.2, 0.25) is 9.54 Å². The van der Waals surface area contributed by atoms with E-state index in [1.165, 1.54) is 32.2 Å². The van der Waals surface area contributed by atoms with Gasteiger partial charge in [0.05, 0.1) is 28.0 Å². The Labute approximate surface area is 242 Å². The average molecular weight is 627 g/mol. The van der Waals surface area contributed by atoms with E-state index in [2.05, 4.69) is 0 Å². The van der Waals surface area contributed by atoms with Gasteiger partial charge in [0.1, 0.15) is 5.75 Å². The number of aromatic nitrogens is 2. The second-order valence-corrected chi connectivity index (χ2v) is 11.2. The first-order valence-electron chi connectivity index (χ1n) is 10.8. The molecule has 1 unspecified atom stereocenters. The molecule has 0 saturated carbocycles. The first-order chi connectivity index (χ1) is 17.8. The summed E-state index contributed by atoms with van der Waals surface area (Å²) in [5.41, 5.74) is -1.19. The van der Waals surface area contributed by atoms with Gasteiger partial charge in [-0.2, -0.15) is 0 Å². The number of alkyl halides is 3. The van der Waals surface area contributed by atoms with Gasteiger partial charge in [-0.25, -0.2) is 14.2 Å². The molecule has 14 heteroatoms. The number of para-hydroxylation sites is 1. The minimum Gasteiger partial charge on any atom is -0.451 e. The molecule has 38 heavy (non-hydrogen) atoms. The van der Waals surface area contributed by atoms with E-state index >= 15 is 0 Å². The predicted molar refractivity (Wildman–Crippen MR) is 146 cm³/mol. The average Bonchev–Trinajstić information content (AvgIpc) is 2.82. The van der Waals surface area contributed by atoms with E-state index in [-0.39, 0.29) is 44.6 Å². The second kappa shape index (κ2) is 12.2. The van der Waals surface area contributed by atoms with Crippen molar-refractivity contribution < 1.29 is 24.0 Å². The minimum atomic E-state index is -2.02. The number of hydrogen-bond acceptors (Lipinski definition) is 7. The van der Waals surface area contributed by atoms with Gasteiger partial charge in [-0.3, -0.25) is 19.1 Å². The van der Waals surface area contributed by atoms with Crippen LogP contribution < -0.4 is 20.9 Å². The number of hydrogen-bond donors (Lipinski definition) is 0. The second-order valence-electron chi connectivity index (χ2n) is 8.07. The van der Waals surface area contributed by atoms with Gasteiger partial charge in [-0.1, -0.05) is 77.1 Å². The van der Waals surface area contributed by atoms with Crippen molar-refractivity contribution in [2.24, 2.45) is 7.05 Å². The number of carbonyl (C=O) groups excluding carboxylic acids is 1. The van der Waals surface area contributed by atoms with Crippen LogP contribution >= 0.6 is 58.0 Å². The molecule has 0 N–H and O–H groups in total. The SMILES string of the molecule is COCC(C)c1cccc(OOC(C)=O)c1Oc1cc(-n2c(=O)cc(C(Cl)(Cl)Cl)n(C)c2=O)c(Cl)cc1Cl. The fourth-order valence-electron chi connectivity index (χ4n) is 3.54. The van der Waals surface area contributed by atoms with Crippen LogP contribution in [0.1, 0.15) is 31.0 Å². The fraction of sp³-hybridized carbons (Fsp3) is 0.292. The van der Waals surface area contributed by atoms with Gasteiger partial charge >= 0.3 is 11.7 Å². The number of ether oxygens (including phenoxy) is 2. The van der Waals surface area contributed by atoms with Crippen molar-refractivity contribution >= 4 is 64.0 Å². The fourth-order valence-corrected chi connectivity index (χ4v) is 4.59. The largest absolute Gasteiger partial charge is 0.451 e. The summed E-state index contributed by atoms with van der Waals surface area (Å²) in [6.07, 6.45) is 0. The molecule has 0 radical (unpaired) electrons. The number of methoxy groups -OCH3 is 1. The van der Waals surface area contributed by atoms with Crippen LogP contribution in [0.15, 0.2) is 46.0 Å². The lowest BCUT2D eigenvalue weighted by atomic mass is 10.0. The van der Waals surface area contributed by atoms with Crippen LogP contribution in [-0.2, 0) is 25.3 Å². The molecule has 2 aromatic carbocycles. The summed E-state index contributed by atoms with van der Waals surface area (Å²) in [6, 6.07) is 8.57. The first-order valence-corrected chi connectivity index (χ1v) is 12.7. The van der Waals surface area contributed by atoms with Crippen molar-refractivity contribution in [3.63, 3.8) is 0 Å². The molecule has 204 valence electrons. The zero-order valence-corrected chi connectivity index (χ0v) is 24.2. The number of carbonyl (C=O) groups is 1. The third kappa shape index (κ3) is 6.59. The smallest absolute Gasteiger partial charge is 0.352 e. The zero-order valence-electron chi connectivity index (χ0n) is 20.4. The molecule has 9 nitrogen and oxygen atoms in total. The van der Waals surface area contributed by atoms with Crippen molar-refractivity contribution in [1.82, 2.24) is 9.13 Å². The van der Waals surface area contributed by atoms with Gasteiger partial charge in [-0.05, 0) is 12.1 Å². The van der Waals surface area contributed by atoms with Gasteiger partial charge in [0.15, 0.2) is 5.75 Å². The quantitative estimate of drug-likeness (QED) is 0.170. The molecule has 0 aliphatic carbocycles. The van der Waals surface area contributed by atoms with E-state index < -0.39 is 21.0 Å². The molecule has 0 aliphatic heterocycles. The Bertz CT molecular complexity index is 1480. The van der Waals surface area contributed by atoms with Crippen LogP contribution in [0.2, 0.25) is 10.0 Å². The summed E-state index contributed by atoms with van der Waals surface area (Å²) in [5.74, 6) is -0.652. The minimum absolute atomic E-state index is 0.00946. The maximum Gasteiger partial charge on any atom is 0.352 e. The van der Waals surface area contributed by atoms with Crippen LogP contribution in [0, 0.1) is 0 Å². The van der Waals surface area contributed by atoms with Crippen molar-refractivity contribution in [3.8, 4) is 22.9 Å². The number of benzene rings is 2. The summed E-state index contributed by atoms with van der Waals surface area (Å²) >= 11 is 30.5. The highest BCUT2D eigenvalue weighted by Crippen LogP contribution is 2.43. The van der Waals surface area contributed by atoms with Crippen LogP contribution in [0.25, 0.3) is 5.69 Å². The maximum atomic E-state index is 13.1. The van der Waals surface area contributed by atoms with Crippen LogP contribution in [-0.4, -0.2) is 28.8 Å².